The van der Waals surface area contributed by atoms with Gasteiger partial charge in [-0.25, -0.2) is 4.39 Å². The number of likely N-dealkylation sites (N-methyl/N-ethyl adjacent to an activating group) is 1. The van der Waals surface area contributed by atoms with E-state index in [9.17, 15) is 9.18 Å². The molecule has 1 saturated heterocycles. The zero-order chi connectivity index (χ0) is 14.0. The highest BCUT2D eigenvalue weighted by molar-refractivity contribution is 9.10. The largest absolute Gasteiger partial charge is 0.466 e. The molecule has 0 radical (unpaired) electrons. The quantitative estimate of drug-likeness (QED) is 0.798. The molecule has 0 aliphatic carbocycles. The van der Waals surface area contributed by atoms with Crippen LogP contribution in [0.5, 0.6) is 0 Å². The summed E-state index contributed by atoms with van der Waals surface area (Å²) < 4.78 is 18.9. The van der Waals surface area contributed by atoms with Crippen LogP contribution >= 0.6 is 15.9 Å². The van der Waals surface area contributed by atoms with Gasteiger partial charge in [0.05, 0.1) is 17.0 Å². The van der Waals surface area contributed by atoms with Crippen molar-refractivity contribution in [2.45, 2.75) is 12.8 Å². The molecule has 0 amide bonds. The van der Waals surface area contributed by atoms with Gasteiger partial charge in [0.1, 0.15) is 5.82 Å². The van der Waals surface area contributed by atoms with Gasteiger partial charge in [-0.05, 0) is 47.6 Å². The first-order chi connectivity index (χ1) is 9.02. The lowest BCUT2D eigenvalue weighted by Crippen LogP contribution is -2.24. The van der Waals surface area contributed by atoms with Gasteiger partial charge in [0, 0.05) is 19.0 Å². The molecule has 0 N–H and O–H groups in total. The van der Waals surface area contributed by atoms with Gasteiger partial charge in [0.15, 0.2) is 0 Å². The summed E-state index contributed by atoms with van der Waals surface area (Å²) in [6.07, 6.45) is 0. The van der Waals surface area contributed by atoms with Crippen molar-refractivity contribution in [1.82, 2.24) is 4.90 Å². The fourth-order valence-corrected chi connectivity index (χ4v) is 2.97. The summed E-state index contributed by atoms with van der Waals surface area (Å²) in [4.78, 5) is 14.1. The van der Waals surface area contributed by atoms with Crippen LogP contribution in [0.25, 0.3) is 0 Å². The summed E-state index contributed by atoms with van der Waals surface area (Å²) in [7, 11) is 1.98. The van der Waals surface area contributed by atoms with Crippen LogP contribution < -0.4 is 0 Å². The summed E-state index contributed by atoms with van der Waals surface area (Å²) in [5, 5.41) is 0. The predicted octanol–water partition coefficient (Wildman–Crippen LogP) is 2.80. The Labute approximate surface area is 120 Å². The molecule has 2 atom stereocenters. The van der Waals surface area contributed by atoms with Crippen molar-refractivity contribution in [3.8, 4) is 0 Å². The van der Waals surface area contributed by atoms with Gasteiger partial charge in [0.2, 0.25) is 0 Å². The molecule has 0 spiro atoms. The lowest BCUT2D eigenvalue weighted by Gasteiger charge is -2.17. The molecule has 1 heterocycles. The standard InChI is InChI=1S/C14H17BrFNO2/c1-3-19-14(18)11-8-17(2)7-10(11)9-4-5-13(16)12(15)6-9/h4-6,10-11H,3,7-8H2,1-2H3. The van der Waals surface area contributed by atoms with Crippen LogP contribution in [0.3, 0.4) is 0 Å². The van der Waals surface area contributed by atoms with E-state index in [0.717, 1.165) is 12.1 Å². The van der Waals surface area contributed by atoms with Crippen LogP contribution in [0, 0.1) is 11.7 Å². The van der Waals surface area contributed by atoms with E-state index in [1.807, 2.05) is 7.05 Å². The Morgan fingerprint density at radius 3 is 2.89 bits per heavy atom. The number of likely N-dealkylation sites (tertiary alicyclic amines) is 1. The summed E-state index contributed by atoms with van der Waals surface area (Å²) in [5.74, 6) is -0.580. The molecule has 3 nitrogen and oxygen atoms in total. The minimum Gasteiger partial charge on any atom is -0.466 e. The molecular weight excluding hydrogens is 313 g/mol. The molecule has 1 fully saturated rings. The van der Waals surface area contributed by atoms with Gasteiger partial charge in [-0.3, -0.25) is 4.79 Å². The van der Waals surface area contributed by atoms with E-state index in [0.29, 0.717) is 17.6 Å². The van der Waals surface area contributed by atoms with Gasteiger partial charge in [-0.1, -0.05) is 6.07 Å². The number of carbonyl (C=O) groups is 1. The number of carbonyl (C=O) groups excluding carboxylic acids is 1. The number of hydrogen-bond acceptors (Lipinski definition) is 3. The smallest absolute Gasteiger partial charge is 0.310 e. The second-order valence-electron chi connectivity index (χ2n) is 4.86. The fraction of sp³-hybridized carbons (Fsp3) is 0.500. The SMILES string of the molecule is CCOC(=O)C1CN(C)CC1c1ccc(F)c(Br)c1. The minimum absolute atomic E-state index is 0.0564. The molecule has 1 aromatic carbocycles. The van der Waals surface area contributed by atoms with Crippen molar-refractivity contribution in [3.05, 3.63) is 34.1 Å². The van der Waals surface area contributed by atoms with Crippen molar-refractivity contribution in [1.29, 1.82) is 0 Å². The van der Waals surface area contributed by atoms with Gasteiger partial charge < -0.3 is 9.64 Å². The summed E-state index contributed by atoms with van der Waals surface area (Å²) in [6, 6.07) is 4.93. The highest BCUT2D eigenvalue weighted by atomic mass is 79.9. The predicted molar refractivity (Wildman–Crippen MR) is 74.5 cm³/mol. The zero-order valence-electron chi connectivity index (χ0n) is 11.0. The van der Waals surface area contributed by atoms with Gasteiger partial charge in [0.25, 0.3) is 0 Å². The normalized spacial score (nSPS) is 23.6. The molecule has 1 aliphatic rings. The Balaban J connectivity index is 2.25. The Kier molecular flexibility index (Phi) is 4.58. The first-order valence-electron chi connectivity index (χ1n) is 6.33. The Morgan fingerprint density at radius 2 is 2.26 bits per heavy atom. The van der Waals surface area contributed by atoms with Crippen LogP contribution in [0.2, 0.25) is 0 Å². The number of ether oxygens (including phenoxy) is 1. The molecule has 2 unspecified atom stereocenters. The number of benzene rings is 1. The van der Waals surface area contributed by atoms with Crippen LogP contribution in [0.4, 0.5) is 4.39 Å². The minimum atomic E-state index is -0.289. The molecule has 19 heavy (non-hydrogen) atoms. The van der Waals surface area contributed by atoms with Crippen molar-refractivity contribution in [2.24, 2.45) is 5.92 Å². The lowest BCUT2D eigenvalue weighted by atomic mass is 9.89. The third-order valence-corrected chi connectivity index (χ3v) is 4.07. The molecule has 2 rings (SSSR count). The van der Waals surface area contributed by atoms with E-state index < -0.39 is 0 Å². The third kappa shape index (κ3) is 3.15. The van der Waals surface area contributed by atoms with Crippen LogP contribution in [0.1, 0.15) is 18.4 Å². The number of nitrogens with zero attached hydrogens (tertiary/aromatic N) is 1. The van der Waals surface area contributed by atoms with Gasteiger partial charge in [-0.15, -0.1) is 0 Å². The average molecular weight is 330 g/mol. The highest BCUT2D eigenvalue weighted by Gasteiger charge is 2.38. The van der Waals surface area contributed by atoms with Crippen LogP contribution in [0.15, 0.2) is 22.7 Å². The van der Waals surface area contributed by atoms with Crippen LogP contribution in [-0.2, 0) is 9.53 Å². The molecule has 0 aromatic heterocycles. The fourth-order valence-electron chi connectivity index (χ4n) is 2.57. The third-order valence-electron chi connectivity index (χ3n) is 3.46. The molecule has 0 saturated carbocycles. The average Bonchev–Trinajstić information content (AvgIpc) is 2.75. The van der Waals surface area contributed by atoms with E-state index in [-0.39, 0.29) is 23.6 Å². The molecule has 1 aromatic rings. The van der Waals surface area contributed by atoms with Crippen molar-refractivity contribution >= 4 is 21.9 Å². The summed E-state index contributed by atoms with van der Waals surface area (Å²) in [5.41, 5.74) is 0.968. The maximum Gasteiger partial charge on any atom is 0.310 e. The maximum absolute atomic E-state index is 13.3. The van der Waals surface area contributed by atoms with Crippen molar-refractivity contribution in [3.63, 3.8) is 0 Å². The molecule has 1 aliphatic heterocycles. The second kappa shape index (κ2) is 6.01. The van der Waals surface area contributed by atoms with Crippen molar-refractivity contribution < 1.29 is 13.9 Å². The summed E-state index contributed by atoms with van der Waals surface area (Å²) >= 11 is 3.19. The Morgan fingerprint density at radius 1 is 1.53 bits per heavy atom. The van der Waals surface area contributed by atoms with E-state index in [4.69, 9.17) is 4.74 Å². The monoisotopic (exact) mass is 329 g/mol. The van der Waals surface area contributed by atoms with E-state index in [1.165, 1.54) is 6.07 Å². The van der Waals surface area contributed by atoms with E-state index >= 15 is 0 Å². The van der Waals surface area contributed by atoms with Gasteiger partial charge >= 0.3 is 5.97 Å². The van der Waals surface area contributed by atoms with Crippen molar-refractivity contribution in [2.75, 3.05) is 26.7 Å². The van der Waals surface area contributed by atoms with E-state index in [1.54, 1.807) is 19.1 Å². The molecular formula is C14H17BrFNO2. The highest BCUT2D eigenvalue weighted by Crippen LogP contribution is 2.34. The number of esters is 1. The Hall–Kier alpha value is -0.940. The number of rotatable bonds is 3. The lowest BCUT2D eigenvalue weighted by molar-refractivity contribution is -0.147. The number of hydrogen-bond donors (Lipinski definition) is 0. The molecule has 104 valence electrons. The first kappa shape index (κ1) is 14.5. The van der Waals surface area contributed by atoms with E-state index in [2.05, 4.69) is 20.8 Å². The molecule has 0 bridgehead atoms. The maximum atomic E-state index is 13.3. The zero-order valence-corrected chi connectivity index (χ0v) is 12.6. The first-order valence-corrected chi connectivity index (χ1v) is 7.12. The second-order valence-corrected chi connectivity index (χ2v) is 5.71. The number of halogens is 2. The topological polar surface area (TPSA) is 29.5 Å². The van der Waals surface area contributed by atoms with Gasteiger partial charge in [-0.2, -0.15) is 0 Å². The molecule has 5 heteroatoms. The Bertz CT molecular complexity index is 481. The van der Waals surface area contributed by atoms with Crippen LogP contribution in [-0.4, -0.2) is 37.6 Å². The summed E-state index contributed by atoms with van der Waals surface area (Å²) in [6.45, 7) is 3.65.